The van der Waals surface area contributed by atoms with Crippen molar-refractivity contribution in [2.45, 2.75) is 19.5 Å². The molecular formula is C15H15FN4. The molecule has 0 radical (unpaired) electrons. The van der Waals surface area contributed by atoms with Crippen LogP contribution in [0.25, 0.3) is 5.65 Å². The van der Waals surface area contributed by atoms with E-state index in [0.29, 0.717) is 6.54 Å². The molecule has 2 aromatic heterocycles. The first kappa shape index (κ1) is 12.7. The Bertz CT molecular complexity index is 705. The van der Waals surface area contributed by atoms with Gasteiger partial charge in [0.05, 0.1) is 6.04 Å². The first-order valence-electron chi connectivity index (χ1n) is 6.51. The lowest BCUT2D eigenvalue weighted by atomic mass is 10.2. The number of hydrogen-bond donors (Lipinski definition) is 1. The zero-order valence-electron chi connectivity index (χ0n) is 11.1. The molecule has 0 aliphatic heterocycles. The Hall–Kier alpha value is -2.27. The standard InChI is InChI=1S/C15H15FN4/c1-11(17-10-12-5-7-13(16)8-6-12)15-19-18-14-4-2-3-9-20(14)15/h2-9,11,17H,10H2,1H3/t11-/m1/s1. The first-order valence-corrected chi connectivity index (χ1v) is 6.51. The summed E-state index contributed by atoms with van der Waals surface area (Å²) in [6.45, 7) is 2.69. The molecule has 2 heterocycles. The number of hydrogen-bond acceptors (Lipinski definition) is 3. The summed E-state index contributed by atoms with van der Waals surface area (Å²) >= 11 is 0. The average Bonchev–Trinajstić information content (AvgIpc) is 2.90. The summed E-state index contributed by atoms with van der Waals surface area (Å²) in [5, 5.41) is 11.7. The summed E-state index contributed by atoms with van der Waals surface area (Å²) in [5.41, 5.74) is 1.87. The van der Waals surface area contributed by atoms with Crippen LogP contribution in [0.15, 0.2) is 48.7 Å². The molecule has 102 valence electrons. The minimum absolute atomic E-state index is 0.0532. The Morgan fingerprint density at radius 1 is 1.15 bits per heavy atom. The molecule has 0 saturated carbocycles. The van der Waals surface area contributed by atoms with Gasteiger partial charge in [-0.05, 0) is 36.8 Å². The van der Waals surface area contributed by atoms with Crippen LogP contribution in [-0.2, 0) is 6.54 Å². The number of benzene rings is 1. The van der Waals surface area contributed by atoms with Crippen LogP contribution >= 0.6 is 0 Å². The third-order valence-electron chi connectivity index (χ3n) is 3.25. The molecule has 4 nitrogen and oxygen atoms in total. The van der Waals surface area contributed by atoms with Crippen LogP contribution in [0.5, 0.6) is 0 Å². The van der Waals surface area contributed by atoms with E-state index >= 15 is 0 Å². The smallest absolute Gasteiger partial charge is 0.160 e. The van der Waals surface area contributed by atoms with Gasteiger partial charge in [0.2, 0.25) is 0 Å². The van der Waals surface area contributed by atoms with E-state index in [1.807, 2.05) is 35.7 Å². The molecule has 0 unspecified atom stereocenters. The molecule has 1 aromatic carbocycles. The van der Waals surface area contributed by atoms with Crippen molar-refractivity contribution < 1.29 is 4.39 Å². The van der Waals surface area contributed by atoms with E-state index in [4.69, 9.17) is 0 Å². The first-order chi connectivity index (χ1) is 9.74. The summed E-state index contributed by atoms with van der Waals surface area (Å²) in [6, 6.07) is 12.3. The van der Waals surface area contributed by atoms with Crippen LogP contribution in [0.1, 0.15) is 24.4 Å². The van der Waals surface area contributed by atoms with Crippen LogP contribution in [0.4, 0.5) is 4.39 Å². The van der Waals surface area contributed by atoms with Crippen molar-refractivity contribution in [1.82, 2.24) is 19.9 Å². The van der Waals surface area contributed by atoms with Gasteiger partial charge in [-0.1, -0.05) is 18.2 Å². The second-order valence-electron chi connectivity index (χ2n) is 4.72. The maximum atomic E-state index is 12.8. The van der Waals surface area contributed by atoms with E-state index in [1.54, 1.807) is 12.1 Å². The third kappa shape index (κ3) is 2.53. The van der Waals surface area contributed by atoms with Gasteiger partial charge in [0.25, 0.3) is 0 Å². The number of halogens is 1. The van der Waals surface area contributed by atoms with Crippen molar-refractivity contribution in [2.24, 2.45) is 0 Å². The zero-order chi connectivity index (χ0) is 13.9. The highest BCUT2D eigenvalue weighted by Crippen LogP contribution is 2.12. The van der Waals surface area contributed by atoms with Crippen molar-refractivity contribution in [3.05, 3.63) is 65.9 Å². The molecule has 0 amide bonds. The maximum Gasteiger partial charge on any atom is 0.160 e. The van der Waals surface area contributed by atoms with Crippen LogP contribution in [0, 0.1) is 5.82 Å². The predicted molar refractivity (Wildman–Crippen MR) is 74.6 cm³/mol. The van der Waals surface area contributed by atoms with Crippen molar-refractivity contribution >= 4 is 5.65 Å². The predicted octanol–water partition coefficient (Wildman–Crippen LogP) is 2.72. The lowest BCUT2D eigenvalue weighted by Crippen LogP contribution is -2.20. The van der Waals surface area contributed by atoms with Gasteiger partial charge < -0.3 is 5.32 Å². The van der Waals surface area contributed by atoms with Gasteiger partial charge in [0.1, 0.15) is 5.82 Å². The number of nitrogens with one attached hydrogen (secondary N) is 1. The van der Waals surface area contributed by atoms with E-state index in [0.717, 1.165) is 17.0 Å². The van der Waals surface area contributed by atoms with E-state index in [9.17, 15) is 4.39 Å². The number of fused-ring (bicyclic) bond motifs is 1. The molecule has 5 heteroatoms. The molecule has 0 aliphatic rings. The molecule has 1 N–H and O–H groups in total. The molecule has 0 fully saturated rings. The molecular weight excluding hydrogens is 255 g/mol. The largest absolute Gasteiger partial charge is 0.303 e. The molecule has 3 aromatic rings. The lowest BCUT2D eigenvalue weighted by Gasteiger charge is -2.12. The van der Waals surface area contributed by atoms with Crippen molar-refractivity contribution in [1.29, 1.82) is 0 Å². The zero-order valence-corrected chi connectivity index (χ0v) is 11.1. The number of pyridine rings is 1. The maximum absolute atomic E-state index is 12.8. The summed E-state index contributed by atoms with van der Waals surface area (Å²) in [6.07, 6.45) is 1.95. The normalized spacial score (nSPS) is 12.7. The van der Waals surface area contributed by atoms with E-state index in [1.165, 1.54) is 12.1 Å². The number of nitrogens with zero attached hydrogens (tertiary/aromatic N) is 3. The Balaban J connectivity index is 1.73. The molecule has 1 atom stereocenters. The minimum atomic E-state index is -0.217. The molecule has 0 spiro atoms. The second-order valence-corrected chi connectivity index (χ2v) is 4.72. The quantitative estimate of drug-likeness (QED) is 0.792. The van der Waals surface area contributed by atoms with Gasteiger partial charge >= 0.3 is 0 Å². The molecule has 0 bridgehead atoms. The second kappa shape index (κ2) is 5.38. The monoisotopic (exact) mass is 270 g/mol. The molecule has 0 saturated heterocycles. The number of aromatic nitrogens is 3. The van der Waals surface area contributed by atoms with Crippen molar-refractivity contribution in [3.8, 4) is 0 Å². The number of rotatable bonds is 4. The molecule has 3 rings (SSSR count). The third-order valence-corrected chi connectivity index (χ3v) is 3.25. The SMILES string of the molecule is C[C@@H](NCc1ccc(F)cc1)c1nnc2ccccn12. The van der Waals surface area contributed by atoms with Gasteiger partial charge in [-0.15, -0.1) is 10.2 Å². The highest BCUT2D eigenvalue weighted by molar-refractivity contribution is 5.37. The van der Waals surface area contributed by atoms with Gasteiger partial charge in [-0.25, -0.2) is 4.39 Å². The van der Waals surface area contributed by atoms with Crippen LogP contribution < -0.4 is 5.32 Å². The van der Waals surface area contributed by atoms with Gasteiger partial charge in [0.15, 0.2) is 11.5 Å². The van der Waals surface area contributed by atoms with E-state index in [-0.39, 0.29) is 11.9 Å². The highest BCUT2D eigenvalue weighted by atomic mass is 19.1. The minimum Gasteiger partial charge on any atom is -0.303 e. The lowest BCUT2D eigenvalue weighted by molar-refractivity contribution is 0.540. The topological polar surface area (TPSA) is 42.2 Å². The summed E-state index contributed by atoms with van der Waals surface area (Å²) < 4.78 is 14.8. The average molecular weight is 270 g/mol. The fraction of sp³-hybridized carbons (Fsp3) is 0.200. The van der Waals surface area contributed by atoms with Gasteiger partial charge in [-0.3, -0.25) is 4.40 Å². The Morgan fingerprint density at radius 3 is 2.75 bits per heavy atom. The summed E-state index contributed by atoms with van der Waals surface area (Å²) in [7, 11) is 0. The van der Waals surface area contributed by atoms with Crippen LogP contribution in [-0.4, -0.2) is 14.6 Å². The van der Waals surface area contributed by atoms with E-state index < -0.39 is 0 Å². The highest BCUT2D eigenvalue weighted by Gasteiger charge is 2.12. The van der Waals surface area contributed by atoms with Gasteiger partial charge in [0, 0.05) is 12.7 Å². The fourth-order valence-electron chi connectivity index (χ4n) is 2.12. The Kier molecular flexibility index (Phi) is 3.43. The summed E-state index contributed by atoms with van der Waals surface area (Å²) in [4.78, 5) is 0. The molecule has 0 aliphatic carbocycles. The van der Waals surface area contributed by atoms with Gasteiger partial charge in [-0.2, -0.15) is 0 Å². The summed E-state index contributed by atoms with van der Waals surface area (Å²) in [5.74, 6) is 0.646. The van der Waals surface area contributed by atoms with E-state index in [2.05, 4.69) is 15.5 Å². The molecule has 20 heavy (non-hydrogen) atoms. The van der Waals surface area contributed by atoms with Crippen molar-refractivity contribution in [2.75, 3.05) is 0 Å². The van der Waals surface area contributed by atoms with Crippen molar-refractivity contribution in [3.63, 3.8) is 0 Å². The van der Waals surface area contributed by atoms with Crippen LogP contribution in [0.3, 0.4) is 0 Å². The fourth-order valence-corrected chi connectivity index (χ4v) is 2.12. The van der Waals surface area contributed by atoms with Crippen LogP contribution in [0.2, 0.25) is 0 Å². The Labute approximate surface area is 116 Å². The Morgan fingerprint density at radius 2 is 1.95 bits per heavy atom.